The van der Waals surface area contributed by atoms with E-state index in [4.69, 9.17) is 21.7 Å². The molecule has 0 saturated carbocycles. The van der Waals surface area contributed by atoms with Crippen molar-refractivity contribution in [3.05, 3.63) is 70.2 Å². The first-order valence-corrected chi connectivity index (χ1v) is 6.05. The van der Waals surface area contributed by atoms with Gasteiger partial charge in [0.1, 0.15) is 6.61 Å². The third-order valence-electron chi connectivity index (χ3n) is 2.44. The summed E-state index contributed by atoms with van der Waals surface area (Å²) in [6.45, 7) is 0.364. The van der Waals surface area contributed by atoms with Gasteiger partial charge in [0.15, 0.2) is 0 Å². The molecule has 0 aromatic heterocycles. The Labute approximate surface area is 116 Å². The van der Waals surface area contributed by atoms with Gasteiger partial charge in [-0.3, -0.25) is 0 Å². The molecule has 0 unspecified atom stereocenters. The van der Waals surface area contributed by atoms with Gasteiger partial charge in [0.05, 0.1) is 17.8 Å². The average Bonchev–Trinajstić information content (AvgIpc) is 2.44. The number of nitrogens with zero attached hydrogens (tertiary/aromatic N) is 2. The zero-order chi connectivity index (χ0) is 13.5. The average molecular weight is 271 g/mol. The molecule has 4 heteroatoms. The topological polar surface area (TPSA) is 45.4 Å². The highest BCUT2D eigenvalue weighted by atomic mass is 35.5. The van der Waals surface area contributed by atoms with E-state index < -0.39 is 0 Å². The van der Waals surface area contributed by atoms with E-state index in [0.717, 1.165) is 11.1 Å². The minimum Gasteiger partial charge on any atom is -0.391 e. The van der Waals surface area contributed by atoms with E-state index in [0.29, 0.717) is 17.2 Å². The van der Waals surface area contributed by atoms with Crippen LogP contribution in [-0.4, -0.2) is 6.21 Å². The molecular weight excluding hydrogens is 260 g/mol. The normalized spacial score (nSPS) is 10.3. The number of oxime groups is 1. The van der Waals surface area contributed by atoms with Crippen molar-refractivity contribution in [2.75, 3.05) is 0 Å². The Hall–Kier alpha value is -2.31. The Morgan fingerprint density at radius 1 is 1.21 bits per heavy atom. The fourth-order valence-electron chi connectivity index (χ4n) is 1.47. The Morgan fingerprint density at radius 2 is 2.00 bits per heavy atom. The summed E-state index contributed by atoms with van der Waals surface area (Å²) in [5.41, 5.74) is 2.47. The maximum absolute atomic E-state index is 8.68. The maximum Gasteiger partial charge on any atom is 0.142 e. The highest BCUT2D eigenvalue weighted by Gasteiger charge is 1.94. The molecule has 0 heterocycles. The van der Waals surface area contributed by atoms with Crippen LogP contribution in [0.2, 0.25) is 5.02 Å². The maximum atomic E-state index is 8.68. The van der Waals surface area contributed by atoms with Crippen molar-refractivity contribution < 1.29 is 4.84 Å². The second kappa shape index (κ2) is 6.58. The molecule has 0 radical (unpaired) electrons. The molecule has 0 spiro atoms. The summed E-state index contributed by atoms with van der Waals surface area (Å²) < 4.78 is 0. The van der Waals surface area contributed by atoms with Crippen LogP contribution in [0.3, 0.4) is 0 Å². The first kappa shape index (κ1) is 13.1. The number of rotatable bonds is 4. The fraction of sp³-hybridized carbons (Fsp3) is 0.0667. The predicted molar refractivity (Wildman–Crippen MR) is 75.0 cm³/mol. The van der Waals surface area contributed by atoms with Crippen molar-refractivity contribution in [1.82, 2.24) is 0 Å². The molecule has 0 bridgehead atoms. The fourth-order valence-corrected chi connectivity index (χ4v) is 1.67. The van der Waals surface area contributed by atoms with Crippen LogP contribution in [-0.2, 0) is 11.4 Å². The Morgan fingerprint density at radius 3 is 2.68 bits per heavy atom. The van der Waals surface area contributed by atoms with Gasteiger partial charge in [-0.25, -0.2) is 0 Å². The molecule has 3 nitrogen and oxygen atoms in total. The summed E-state index contributed by atoms with van der Waals surface area (Å²) in [6, 6.07) is 16.6. The van der Waals surface area contributed by atoms with Gasteiger partial charge in [-0.15, -0.1) is 0 Å². The monoisotopic (exact) mass is 270 g/mol. The Bertz CT molecular complexity index is 615. The molecule has 2 aromatic carbocycles. The Balaban J connectivity index is 1.87. The van der Waals surface area contributed by atoms with Crippen LogP contribution in [0, 0.1) is 11.3 Å². The van der Waals surface area contributed by atoms with Gasteiger partial charge in [0.25, 0.3) is 0 Å². The van der Waals surface area contributed by atoms with E-state index in [-0.39, 0.29) is 0 Å². The molecule has 0 amide bonds. The largest absolute Gasteiger partial charge is 0.391 e. The highest BCUT2D eigenvalue weighted by molar-refractivity contribution is 6.30. The van der Waals surface area contributed by atoms with Crippen LogP contribution in [0.4, 0.5) is 0 Å². The lowest BCUT2D eigenvalue weighted by molar-refractivity contribution is 0.132. The number of nitriles is 1. The standard InChI is InChI=1S/C15H11ClN2O/c16-15-3-1-2-14(8-15)10-18-19-11-13-6-4-12(9-17)5-7-13/h1-8,10H,11H2. The van der Waals surface area contributed by atoms with Crippen molar-refractivity contribution >= 4 is 17.8 Å². The van der Waals surface area contributed by atoms with E-state index in [1.807, 2.05) is 24.3 Å². The quantitative estimate of drug-likeness (QED) is 0.627. The number of hydrogen-bond acceptors (Lipinski definition) is 3. The van der Waals surface area contributed by atoms with Gasteiger partial charge in [-0.05, 0) is 35.4 Å². The smallest absolute Gasteiger partial charge is 0.142 e. The summed E-state index contributed by atoms with van der Waals surface area (Å²) in [4.78, 5) is 5.18. The number of hydrogen-bond donors (Lipinski definition) is 0. The first-order valence-electron chi connectivity index (χ1n) is 5.68. The number of benzene rings is 2. The molecule has 0 aliphatic carbocycles. The van der Waals surface area contributed by atoms with Crippen LogP contribution in [0.25, 0.3) is 0 Å². The summed E-state index contributed by atoms with van der Waals surface area (Å²) in [5, 5.41) is 13.2. The summed E-state index contributed by atoms with van der Waals surface area (Å²) in [5.74, 6) is 0. The summed E-state index contributed by atoms with van der Waals surface area (Å²) in [7, 11) is 0. The highest BCUT2D eigenvalue weighted by Crippen LogP contribution is 2.09. The van der Waals surface area contributed by atoms with Crippen LogP contribution in [0.1, 0.15) is 16.7 Å². The van der Waals surface area contributed by atoms with Crippen molar-refractivity contribution in [1.29, 1.82) is 5.26 Å². The first-order chi connectivity index (χ1) is 9.28. The van der Waals surface area contributed by atoms with Crippen molar-refractivity contribution in [2.24, 2.45) is 5.16 Å². The molecule has 0 atom stereocenters. The van der Waals surface area contributed by atoms with Gasteiger partial charge in [-0.2, -0.15) is 5.26 Å². The van der Waals surface area contributed by atoms with Gasteiger partial charge in [-0.1, -0.05) is 41.0 Å². The van der Waals surface area contributed by atoms with E-state index in [1.54, 1.807) is 30.5 Å². The Kier molecular flexibility index (Phi) is 4.54. The zero-order valence-corrected chi connectivity index (χ0v) is 10.8. The molecule has 0 aliphatic heterocycles. The van der Waals surface area contributed by atoms with Gasteiger partial charge < -0.3 is 4.84 Å². The molecule has 2 aromatic rings. The lowest BCUT2D eigenvalue weighted by Gasteiger charge is -1.99. The minimum atomic E-state index is 0.364. The second-order valence-corrected chi connectivity index (χ2v) is 4.31. The zero-order valence-electron chi connectivity index (χ0n) is 10.1. The van der Waals surface area contributed by atoms with Gasteiger partial charge >= 0.3 is 0 Å². The van der Waals surface area contributed by atoms with Crippen molar-refractivity contribution in [3.8, 4) is 6.07 Å². The third-order valence-corrected chi connectivity index (χ3v) is 2.67. The summed E-state index contributed by atoms with van der Waals surface area (Å²) in [6.07, 6.45) is 1.61. The molecule has 0 N–H and O–H groups in total. The van der Waals surface area contributed by atoms with Crippen LogP contribution >= 0.6 is 11.6 Å². The molecule has 0 aliphatic rings. The molecule has 94 valence electrons. The third kappa shape index (κ3) is 4.13. The van der Waals surface area contributed by atoms with E-state index in [1.165, 1.54) is 0 Å². The second-order valence-electron chi connectivity index (χ2n) is 3.87. The number of halogens is 1. The van der Waals surface area contributed by atoms with E-state index >= 15 is 0 Å². The SMILES string of the molecule is N#Cc1ccc(CON=Cc2cccc(Cl)c2)cc1. The van der Waals surface area contributed by atoms with E-state index in [9.17, 15) is 0 Å². The van der Waals surface area contributed by atoms with Crippen molar-refractivity contribution in [2.45, 2.75) is 6.61 Å². The molecule has 19 heavy (non-hydrogen) atoms. The van der Waals surface area contributed by atoms with Crippen molar-refractivity contribution in [3.63, 3.8) is 0 Å². The molecule has 0 fully saturated rings. The van der Waals surface area contributed by atoms with E-state index in [2.05, 4.69) is 11.2 Å². The van der Waals surface area contributed by atoms with Crippen LogP contribution in [0.15, 0.2) is 53.7 Å². The minimum absolute atomic E-state index is 0.364. The van der Waals surface area contributed by atoms with Gasteiger partial charge in [0.2, 0.25) is 0 Å². The molecular formula is C15H11ClN2O. The van der Waals surface area contributed by atoms with Crippen LogP contribution < -0.4 is 0 Å². The lowest BCUT2D eigenvalue weighted by atomic mass is 10.2. The molecule has 2 rings (SSSR count). The predicted octanol–water partition coefficient (Wildman–Crippen LogP) is 3.76. The molecule has 0 saturated heterocycles. The lowest BCUT2D eigenvalue weighted by Crippen LogP contribution is -1.88. The van der Waals surface area contributed by atoms with Gasteiger partial charge in [0, 0.05) is 5.02 Å². The van der Waals surface area contributed by atoms with Crippen LogP contribution in [0.5, 0.6) is 0 Å². The summed E-state index contributed by atoms with van der Waals surface area (Å²) >= 11 is 5.85.